The van der Waals surface area contributed by atoms with Gasteiger partial charge in [-0.05, 0) is 55.3 Å². The second-order valence-corrected chi connectivity index (χ2v) is 12.4. The van der Waals surface area contributed by atoms with Crippen molar-refractivity contribution in [1.82, 2.24) is 20.9 Å². The Hall–Kier alpha value is -2.28. The molecule has 0 aliphatic carbocycles. The van der Waals surface area contributed by atoms with Crippen LogP contribution in [-0.2, 0) is 41.6 Å². The number of carbonyl (C=O) groups is 2. The molecule has 0 radical (unpaired) electrons. The van der Waals surface area contributed by atoms with E-state index in [0.717, 1.165) is 36.8 Å². The average molecular weight is 668 g/mol. The van der Waals surface area contributed by atoms with Gasteiger partial charge in [-0.2, -0.15) is 0 Å². The fourth-order valence-corrected chi connectivity index (χ4v) is 5.59. The normalized spacial score (nSPS) is 15.1. The molecule has 0 bridgehead atoms. The van der Waals surface area contributed by atoms with Crippen molar-refractivity contribution >= 4 is 35.0 Å². The predicted molar refractivity (Wildman–Crippen MR) is 177 cm³/mol. The quantitative estimate of drug-likeness (QED) is 0.145. The first kappa shape index (κ1) is 37.2. The van der Waals surface area contributed by atoms with Crippen LogP contribution in [-0.4, -0.2) is 103 Å². The molecule has 1 heterocycles. The Balaban J connectivity index is 1.22. The highest BCUT2D eigenvalue weighted by atomic mass is 35.5. The lowest BCUT2D eigenvalue weighted by Gasteiger charge is -2.33. The maximum absolute atomic E-state index is 12.3. The minimum atomic E-state index is -1.18. The summed E-state index contributed by atoms with van der Waals surface area (Å²) in [6.07, 6.45) is 0. The van der Waals surface area contributed by atoms with E-state index in [1.54, 1.807) is 21.0 Å². The number of hydrogen-bond acceptors (Lipinski definition) is 8. The van der Waals surface area contributed by atoms with Crippen molar-refractivity contribution in [2.45, 2.75) is 32.9 Å². The van der Waals surface area contributed by atoms with Gasteiger partial charge in [0.2, 0.25) is 11.8 Å². The number of nitrogens with zero attached hydrogens (tertiary/aromatic N) is 1. The monoisotopic (exact) mass is 666 g/mol. The van der Waals surface area contributed by atoms with Crippen LogP contribution in [0.2, 0.25) is 10.0 Å². The second kappa shape index (κ2) is 19.4. The fourth-order valence-electron chi connectivity index (χ4n) is 5.02. The topological polar surface area (TPSA) is 110 Å². The third kappa shape index (κ3) is 12.1. The summed E-state index contributed by atoms with van der Waals surface area (Å²) < 4.78 is 21.6. The zero-order valence-electron chi connectivity index (χ0n) is 26.9. The van der Waals surface area contributed by atoms with Gasteiger partial charge in [0.1, 0.15) is 5.41 Å². The largest absolute Gasteiger partial charge is 0.383 e. The summed E-state index contributed by atoms with van der Waals surface area (Å²) in [4.78, 5) is 26.8. The summed E-state index contributed by atoms with van der Waals surface area (Å²) in [7, 11) is 3.67. The van der Waals surface area contributed by atoms with Crippen molar-refractivity contribution in [2.75, 3.05) is 86.6 Å². The van der Waals surface area contributed by atoms with Crippen LogP contribution in [0.15, 0.2) is 36.4 Å². The van der Waals surface area contributed by atoms with Crippen LogP contribution < -0.4 is 16.0 Å². The van der Waals surface area contributed by atoms with Crippen LogP contribution in [0.1, 0.15) is 42.0 Å². The van der Waals surface area contributed by atoms with Gasteiger partial charge in [0, 0.05) is 62.3 Å². The van der Waals surface area contributed by atoms with Gasteiger partial charge >= 0.3 is 0 Å². The first-order valence-electron chi connectivity index (χ1n) is 15.4. The molecule has 250 valence electrons. The number of fused-ring (bicyclic) bond motifs is 1. The Kier molecular flexibility index (Phi) is 16.0. The van der Waals surface area contributed by atoms with Crippen LogP contribution >= 0.6 is 23.2 Å². The average Bonchev–Trinajstić information content (AvgIpc) is 3.01. The third-order valence-corrected chi connectivity index (χ3v) is 8.16. The van der Waals surface area contributed by atoms with E-state index < -0.39 is 5.41 Å². The van der Waals surface area contributed by atoms with E-state index in [9.17, 15) is 9.59 Å². The number of ether oxygens (including phenoxy) is 4. The van der Waals surface area contributed by atoms with Gasteiger partial charge < -0.3 is 39.8 Å². The summed E-state index contributed by atoms with van der Waals surface area (Å²) in [5.74, 6) is -0.484. The first-order valence-corrected chi connectivity index (χ1v) is 16.1. The Bertz CT molecular complexity index is 1230. The highest BCUT2D eigenvalue weighted by Gasteiger charge is 2.35. The maximum atomic E-state index is 12.3. The van der Waals surface area contributed by atoms with Crippen molar-refractivity contribution in [3.05, 3.63) is 68.7 Å². The van der Waals surface area contributed by atoms with Gasteiger partial charge in [0.15, 0.2) is 0 Å². The SMILES string of the molecule is COCCNC(=O)C(C)(C)C(=O)NCCOCCOCCOCCNCc1cccc(C2CN(C)Cc3c(Cl)cc(Cl)cc32)c1. The highest BCUT2D eigenvalue weighted by molar-refractivity contribution is 6.35. The van der Waals surface area contributed by atoms with Crippen LogP contribution in [0.3, 0.4) is 0 Å². The molecule has 0 aromatic heterocycles. The summed E-state index contributed by atoms with van der Waals surface area (Å²) in [5, 5.41) is 10.3. The van der Waals surface area contributed by atoms with Crippen LogP contribution in [0.4, 0.5) is 0 Å². The molecule has 12 heteroatoms. The molecule has 1 aliphatic rings. The fraction of sp³-hybridized carbons (Fsp3) is 0.576. The lowest BCUT2D eigenvalue weighted by Crippen LogP contribution is -2.49. The van der Waals surface area contributed by atoms with Gasteiger partial charge in [-0.25, -0.2) is 0 Å². The number of methoxy groups -OCH3 is 1. The number of halogens is 2. The molecular formula is C33H48Cl2N4O6. The molecule has 1 aliphatic heterocycles. The summed E-state index contributed by atoms with van der Waals surface area (Å²) >= 11 is 12.9. The molecular weight excluding hydrogens is 619 g/mol. The van der Waals surface area contributed by atoms with E-state index in [1.807, 2.05) is 6.07 Å². The second-order valence-electron chi connectivity index (χ2n) is 11.6. The molecule has 0 spiro atoms. The third-order valence-electron chi connectivity index (χ3n) is 7.60. The van der Waals surface area contributed by atoms with E-state index in [1.165, 1.54) is 16.7 Å². The molecule has 3 N–H and O–H groups in total. The molecule has 2 amide bonds. The molecule has 0 saturated heterocycles. The summed E-state index contributed by atoms with van der Waals surface area (Å²) in [6, 6.07) is 12.5. The Labute approximate surface area is 277 Å². The number of benzene rings is 2. The molecule has 45 heavy (non-hydrogen) atoms. The number of nitrogens with one attached hydrogen (secondary N) is 3. The molecule has 1 atom stereocenters. The van der Waals surface area contributed by atoms with E-state index in [2.05, 4.69) is 58.2 Å². The summed E-state index contributed by atoms with van der Waals surface area (Å²) in [6.45, 7) is 10.1. The number of hydrogen-bond donors (Lipinski definition) is 3. The molecule has 1 unspecified atom stereocenters. The van der Waals surface area contributed by atoms with Gasteiger partial charge in [0.25, 0.3) is 0 Å². The van der Waals surface area contributed by atoms with Crippen LogP contribution in [0.25, 0.3) is 0 Å². The number of rotatable bonds is 20. The van der Waals surface area contributed by atoms with E-state index >= 15 is 0 Å². The van der Waals surface area contributed by atoms with Crippen LogP contribution in [0, 0.1) is 5.41 Å². The van der Waals surface area contributed by atoms with Gasteiger partial charge in [-0.15, -0.1) is 0 Å². The van der Waals surface area contributed by atoms with Crippen molar-refractivity contribution < 1.29 is 28.5 Å². The lowest BCUT2D eigenvalue weighted by atomic mass is 9.84. The molecule has 10 nitrogen and oxygen atoms in total. The molecule has 0 saturated carbocycles. The van der Waals surface area contributed by atoms with Crippen molar-refractivity contribution in [3.63, 3.8) is 0 Å². The van der Waals surface area contributed by atoms with E-state index in [4.69, 9.17) is 42.1 Å². The smallest absolute Gasteiger partial charge is 0.235 e. The standard InChI is InChI=1S/C33H48Cl2N4O6/c1-33(2,31(40)37-9-11-42-4)32(41)38-10-13-44-15-17-45-16-14-43-12-8-36-21-24-6-5-7-25(18-24)28-22-39(3)23-29-27(28)19-26(34)20-30(29)35/h5-7,18-20,28,36H,8-17,21-23H2,1-4H3,(H,37,40)(H,38,41). The van der Waals surface area contributed by atoms with Gasteiger partial charge in [-0.3, -0.25) is 9.59 Å². The van der Waals surface area contributed by atoms with Crippen molar-refractivity contribution in [3.8, 4) is 0 Å². The zero-order valence-corrected chi connectivity index (χ0v) is 28.4. The highest BCUT2D eigenvalue weighted by Crippen LogP contribution is 2.38. The first-order chi connectivity index (χ1) is 21.6. The Morgan fingerprint density at radius 3 is 2.18 bits per heavy atom. The lowest BCUT2D eigenvalue weighted by molar-refractivity contribution is -0.141. The summed E-state index contributed by atoms with van der Waals surface area (Å²) in [5.41, 5.74) is 3.65. The minimum absolute atomic E-state index is 0.216. The minimum Gasteiger partial charge on any atom is -0.383 e. The van der Waals surface area contributed by atoms with Crippen molar-refractivity contribution in [1.29, 1.82) is 0 Å². The predicted octanol–water partition coefficient (Wildman–Crippen LogP) is 3.62. The zero-order chi connectivity index (χ0) is 32.7. The van der Waals surface area contributed by atoms with Crippen LogP contribution in [0.5, 0.6) is 0 Å². The van der Waals surface area contributed by atoms with Gasteiger partial charge in [-0.1, -0.05) is 47.5 Å². The molecule has 2 aromatic rings. The Morgan fingerprint density at radius 1 is 0.889 bits per heavy atom. The van der Waals surface area contributed by atoms with Crippen molar-refractivity contribution in [2.24, 2.45) is 5.41 Å². The van der Waals surface area contributed by atoms with E-state index in [0.29, 0.717) is 64.4 Å². The number of carbonyl (C=O) groups excluding carboxylic acids is 2. The Morgan fingerprint density at radius 2 is 1.51 bits per heavy atom. The number of amides is 2. The molecule has 0 fully saturated rings. The number of likely N-dealkylation sites (N-methyl/N-ethyl adjacent to an activating group) is 1. The molecule has 3 rings (SSSR count). The maximum Gasteiger partial charge on any atom is 0.235 e. The van der Waals surface area contributed by atoms with Gasteiger partial charge in [0.05, 0.1) is 46.2 Å². The van der Waals surface area contributed by atoms with E-state index in [-0.39, 0.29) is 17.7 Å². The molecule has 2 aromatic carbocycles.